The lowest BCUT2D eigenvalue weighted by Gasteiger charge is -2.10. The van der Waals surface area contributed by atoms with Crippen LogP contribution >= 0.6 is 0 Å². The first-order chi connectivity index (χ1) is 10.5. The molecule has 0 aliphatic heterocycles. The highest BCUT2D eigenvalue weighted by molar-refractivity contribution is 5.58. The van der Waals surface area contributed by atoms with E-state index in [0.29, 0.717) is 23.9 Å². The Kier molecular flexibility index (Phi) is 4.25. The predicted octanol–water partition coefficient (Wildman–Crippen LogP) is 5.00. The molecule has 1 fully saturated rings. The molecule has 22 heavy (non-hydrogen) atoms. The maximum atomic E-state index is 12.7. The Morgan fingerprint density at radius 3 is 2.59 bits per heavy atom. The van der Waals surface area contributed by atoms with Gasteiger partial charge in [-0.15, -0.1) is 0 Å². The molecule has 0 unspecified atom stereocenters. The van der Waals surface area contributed by atoms with E-state index in [-0.39, 0.29) is 0 Å². The van der Waals surface area contributed by atoms with Gasteiger partial charge in [-0.3, -0.25) is 0 Å². The second-order valence-electron chi connectivity index (χ2n) is 5.71. The highest BCUT2D eigenvalue weighted by Crippen LogP contribution is 2.32. The monoisotopic (exact) mass is 309 g/mol. The molecule has 0 amide bonds. The Morgan fingerprint density at radius 2 is 1.86 bits per heavy atom. The van der Waals surface area contributed by atoms with E-state index in [9.17, 15) is 13.2 Å². The van der Waals surface area contributed by atoms with Crippen LogP contribution in [-0.2, 0) is 12.7 Å². The molecule has 1 aliphatic carbocycles. The van der Waals surface area contributed by atoms with Gasteiger partial charge in [0.25, 0.3) is 0 Å². The van der Waals surface area contributed by atoms with Crippen molar-refractivity contribution in [2.75, 3.05) is 0 Å². The van der Waals surface area contributed by atoms with Crippen molar-refractivity contribution in [2.24, 2.45) is 0 Å². The Bertz CT molecular complexity index is 627. The average Bonchev–Trinajstić information content (AvgIpc) is 3.16. The topological polar surface area (TPSA) is 25.2 Å². The third-order valence-corrected chi connectivity index (χ3v) is 4.06. The van der Waals surface area contributed by atoms with Crippen LogP contribution in [-0.4, -0.2) is 6.04 Å². The van der Waals surface area contributed by atoms with Gasteiger partial charge in [0.15, 0.2) is 0 Å². The number of hydrogen-bond donors (Lipinski definition) is 1. The molecular weight excluding hydrogens is 291 g/mol. The van der Waals surface area contributed by atoms with Crippen LogP contribution < -0.4 is 5.32 Å². The molecule has 2 aromatic rings. The summed E-state index contributed by atoms with van der Waals surface area (Å²) in [6.07, 6.45) is 0.536. The molecule has 0 bridgehead atoms. The smallest absolute Gasteiger partial charge is 0.416 e. The summed E-state index contributed by atoms with van der Waals surface area (Å²) < 4.78 is 43.9. The van der Waals surface area contributed by atoms with Gasteiger partial charge in [-0.25, -0.2) is 0 Å². The van der Waals surface area contributed by atoms with Crippen LogP contribution in [0.4, 0.5) is 13.2 Å². The summed E-state index contributed by atoms with van der Waals surface area (Å²) in [5.41, 5.74) is -0.214. The van der Waals surface area contributed by atoms with Crippen molar-refractivity contribution in [3.63, 3.8) is 0 Å². The molecule has 0 spiro atoms. The van der Waals surface area contributed by atoms with Crippen LogP contribution in [0.1, 0.15) is 37.0 Å². The maximum Gasteiger partial charge on any atom is 0.416 e. The third-order valence-electron chi connectivity index (χ3n) is 4.06. The Morgan fingerprint density at radius 1 is 1.09 bits per heavy atom. The molecule has 1 saturated carbocycles. The van der Waals surface area contributed by atoms with Gasteiger partial charge in [0, 0.05) is 11.6 Å². The molecule has 1 aromatic heterocycles. The molecule has 0 saturated heterocycles. The number of alkyl halides is 3. The van der Waals surface area contributed by atoms with Crippen LogP contribution in [0, 0.1) is 0 Å². The fourth-order valence-electron chi connectivity index (χ4n) is 2.85. The third kappa shape index (κ3) is 3.53. The Hall–Kier alpha value is -1.75. The van der Waals surface area contributed by atoms with Crippen molar-refractivity contribution in [1.29, 1.82) is 0 Å². The SMILES string of the molecule is FC(F)(F)c1cccc(-c2ccc(CNC3CCCC3)o2)c1. The summed E-state index contributed by atoms with van der Waals surface area (Å²) in [6.45, 7) is 0.615. The van der Waals surface area contributed by atoms with E-state index in [1.165, 1.54) is 31.7 Å². The largest absolute Gasteiger partial charge is 0.460 e. The normalized spacial score (nSPS) is 16.3. The van der Waals surface area contributed by atoms with Gasteiger partial charge < -0.3 is 9.73 Å². The van der Waals surface area contributed by atoms with Gasteiger partial charge in [-0.05, 0) is 37.1 Å². The predicted molar refractivity (Wildman–Crippen MR) is 78.2 cm³/mol. The first-order valence-corrected chi connectivity index (χ1v) is 7.52. The number of halogens is 3. The van der Waals surface area contributed by atoms with Gasteiger partial charge in [0.2, 0.25) is 0 Å². The fraction of sp³-hybridized carbons (Fsp3) is 0.412. The van der Waals surface area contributed by atoms with E-state index in [1.807, 2.05) is 6.07 Å². The molecule has 0 atom stereocenters. The summed E-state index contributed by atoms with van der Waals surface area (Å²) in [4.78, 5) is 0. The minimum Gasteiger partial charge on any atom is -0.460 e. The van der Waals surface area contributed by atoms with Crippen LogP contribution in [0.15, 0.2) is 40.8 Å². The summed E-state index contributed by atoms with van der Waals surface area (Å²) in [5, 5.41) is 3.42. The van der Waals surface area contributed by atoms with Gasteiger partial charge in [-0.2, -0.15) is 13.2 Å². The van der Waals surface area contributed by atoms with E-state index < -0.39 is 11.7 Å². The van der Waals surface area contributed by atoms with Crippen LogP contribution in [0.25, 0.3) is 11.3 Å². The van der Waals surface area contributed by atoms with Gasteiger partial charge in [0.05, 0.1) is 12.1 Å². The van der Waals surface area contributed by atoms with Crippen molar-refractivity contribution in [2.45, 2.75) is 44.4 Å². The zero-order valence-electron chi connectivity index (χ0n) is 12.1. The van der Waals surface area contributed by atoms with Crippen LogP contribution in [0.2, 0.25) is 0 Å². The zero-order valence-corrected chi connectivity index (χ0v) is 12.1. The summed E-state index contributed by atoms with van der Waals surface area (Å²) in [7, 11) is 0. The molecule has 2 nitrogen and oxygen atoms in total. The molecular formula is C17H18F3NO. The Labute approximate surface area is 127 Å². The second-order valence-corrected chi connectivity index (χ2v) is 5.71. The second kappa shape index (κ2) is 6.16. The highest BCUT2D eigenvalue weighted by Gasteiger charge is 2.30. The lowest BCUT2D eigenvalue weighted by atomic mass is 10.1. The standard InChI is InChI=1S/C17H18F3NO/c18-17(19,20)13-5-3-4-12(10-13)16-9-8-15(22-16)11-21-14-6-1-2-7-14/h3-5,8-10,14,21H,1-2,6-7,11H2. The highest BCUT2D eigenvalue weighted by atomic mass is 19.4. The van der Waals surface area contributed by atoms with Crippen molar-refractivity contribution in [1.82, 2.24) is 5.32 Å². The summed E-state index contributed by atoms with van der Waals surface area (Å²) >= 11 is 0. The van der Waals surface area contributed by atoms with Crippen molar-refractivity contribution < 1.29 is 17.6 Å². The first kappa shape index (κ1) is 15.2. The minimum atomic E-state index is -4.34. The Balaban J connectivity index is 1.70. The fourth-order valence-corrected chi connectivity index (χ4v) is 2.85. The molecule has 1 aromatic carbocycles. The van der Waals surface area contributed by atoms with E-state index in [0.717, 1.165) is 17.9 Å². The number of nitrogens with one attached hydrogen (secondary N) is 1. The van der Waals surface area contributed by atoms with Crippen molar-refractivity contribution in [3.8, 4) is 11.3 Å². The zero-order chi connectivity index (χ0) is 15.6. The number of hydrogen-bond acceptors (Lipinski definition) is 2. The number of furan rings is 1. The molecule has 1 heterocycles. The van der Waals surface area contributed by atoms with E-state index in [2.05, 4.69) is 5.32 Å². The van der Waals surface area contributed by atoms with E-state index in [1.54, 1.807) is 12.1 Å². The summed E-state index contributed by atoms with van der Waals surface area (Å²) in [6, 6.07) is 9.28. The molecule has 0 radical (unpaired) electrons. The molecule has 1 aliphatic rings. The molecule has 1 N–H and O–H groups in total. The van der Waals surface area contributed by atoms with Crippen LogP contribution in [0.3, 0.4) is 0 Å². The lowest BCUT2D eigenvalue weighted by molar-refractivity contribution is -0.137. The lowest BCUT2D eigenvalue weighted by Crippen LogP contribution is -2.24. The number of rotatable bonds is 4. The van der Waals surface area contributed by atoms with E-state index >= 15 is 0 Å². The summed E-state index contributed by atoms with van der Waals surface area (Å²) in [5.74, 6) is 1.22. The first-order valence-electron chi connectivity index (χ1n) is 7.52. The van der Waals surface area contributed by atoms with Gasteiger partial charge in [-0.1, -0.05) is 25.0 Å². The van der Waals surface area contributed by atoms with Crippen molar-refractivity contribution in [3.05, 3.63) is 47.7 Å². The molecule has 118 valence electrons. The number of benzene rings is 1. The van der Waals surface area contributed by atoms with E-state index in [4.69, 9.17) is 4.42 Å². The average molecular weight is 309 g/mol. The van der Waals surface area contributed by atoms with Crippen LogP contribution in [0.5, 0.6) is 0 Å². The molecule has 5 heteroatoms. The minimum absolute atomic E-state index is 0.446. The molecule has 3 rings (SSSR count). The van der Waals surface area contributed by atoms with Crippen molar-refractivity contribution >= 4 is 0 Å². The maximum absolute atomic E-state index is 12.7. The quantitative estimate of drug-likeness (QED) is 0.860. The van der Waals surface area contributed by atoms with Gasteiger partial charge in [0.1, 0.15) is 11.5 Å². The van der Waals surface area contributed by atoms with Gasteiger partial charge >= 0.3 is 6.18 Å².